The van der Waals surface area contributed by atoms with Crippen LogP contribution in [0.1, 0.15) is 57.5 Å². The van der Waals surface area contributed by atoms with Gasteiger partial charge in [-0.25, -0.2) is 8.78 Å². The number of nitrogens with one attached hydrogen (secondary N) is 1. The van der Waals surface area contributed by atoms with Gasteiger partial charge in [-0.1, -0.05) is 0 Å². The lowest BCUT2D eigenvalue weighted by molar-refractivity contribution is -0.138. The molecule has 190 valence electrons. The topological polar surface area (TPSA) is 84.6 Å². The molecule has 1 atom stereocenters. The Balaban J connectivity index is 1.77. The van der Waals surface area contributed by atoms with Gasteiger partial charge in [0, 0.05) is 17.8 Å². The Morgan fingerprint density at radius 3 is 2.44 bits per heavy atom. The molecule has 1 fully saturated rings. The van der Waals surface area contributed by atoms with E-state index in [1.807, 2.05) is 0 Å². The number of nitrogens with two attached hydrogens (primary N) is 1. The molecule has 1 aliphatic carbocycles. The average Bonchev–Trinajstić information content (AvgIpc) is 3.66. The lowest BCUT2D eigenvalue weighted by atomic mass is 9.98. The van der Waals surface area contributed by atoms with Crippen molar-refractivity contribution >= 4 is 11.6 Å². The molecule has 4 N–H and O–H groups in total. The molecule has 0 saturated heterocycles. The Morgan fingerprint density at radius 1 is 1.11 bits per heavy atom. The Kier molecular flexibility index (Phi) is 7.01. The van der Waals surface area contributed by atoms with E-state index in [1.165, 1.54) is 24.3 Å². The Morgan fingerprint density at radius 2 is 1.83 bits per heavy atom. The maximum absolute atomic E-state index is 14.1. The molecule has 0 heterocycles. The van der Waals surface area contributed by atoms with Gasteiger partial charge in [0.1, 0.15) is 23.1 Å². The van der Waals surface area contributed by atoms with Crippen LogP contribution in [0, 0.1) is 18.6 Å². The number of aliphatic hydroxyl groups is 1. The summed E-state index contributed by atoms with van der Waals surface area (Å²) in [5.74, 6) is -2.50. The van der Waals surface area contributed by atoms with Gasteiger partial charge in [-0.3, -0.25) is 4.79 Å². The van der Waals surface area contributed by atoms with E-state index in [4.69, 9.17) is 10.5 Å². The van der Waals surface area contributed by atoms with Gasteiger partial charge in [-0.05, 0) is 85.3 Å². The van der Waals surface area contributed by atoms with Crippen LogP contribution in [0.2, 0.25) is 0 Å². The molecule has 0 spiro atoms. The predicted octanol–water partition coefficient (Wildman–Crippen LogP) is 6.21. The highest BCUT2D eigenvalue weighted by molar-refractivity contribution is 6.06. The number of benzene rings is 3. The maximum atomic E-state index is 14.1. The minimum absolute atomic E-state index is 0.0175. The zero-order valence-corrected chi connectivity index (χ0v) is 19.1. The van der Waals surface area contributed by atoms with Crippen LogP contribution in [-0.4, -0.2) is 17.6 Å². The summed E-state index contributed by atoms with van der Waals surface area (Å²) in [6.07, 6.45) is -4.90. The van der Waals surface area contributed by atoms with E-state index in [-0.39, 0.29) is 40.8 Å². The Labute approximate surface area is 203 Å². The first-order valence-corrected chi connectivity index (χ1v) is 11.2. The molecular formula is C26H23F5N2O3. The SMILES string of the molecule is Cc1cc(F)ccc1Oc1cc(C2CC2)c(C(F)(F)F)cc1C(=O)Nc1ccc(F)c(C(O)CN)c1. The number of hydrogen-bond acceptors (Lipinski definition) is 4. The van der Waals surface area contributed by atoms with Crippen molar-refractivity contribution < 1.29 is 36.6 Å². The monoisotopic (exact) mass is 506 g/mol. The molecule has 1 aliphatic rings. The number of aliphatic hydroxyl groups excluding tert-OH is 1. The third-order valence-corrected chi connectivity index (χ3v) is 5.91. The van der Waals surface area contributed by atoms with E-state index in [1.54, 1.807) is 6.92 Å². The van der Waals surface area contributed by atoms with Gasteiger partial charge < -0.3 is 20.9 Å². The molecule has 0 aromatic heterocycles. The third kappa shape index (κ3) is 5.50. The molecule has 36 heavy (non-hydrogen) atoms. The van der Waals surface area contributed by atoms with Crippen molar-refractivity contribution in [2.45, 2.75) is 38.0 Å². The largest absolute Gasteiger partial charge is 0.456 e. The number of hydrogen-bond donors (Lipinski definition) is 3. The van der Waals surface area contributed by atoms with E-state index >= 15 is 0 Å². The first-order valence-electron chi connectivity index (χ1n) is 11.2. The second kappa shape index (κ2) is 9.87. The van der Waals surface area contributed by atoms with Gasteiger partial charge >= 0.3 is 6.18 Å². The number of ether oxygens (including phenoxy) is 1. The molecule has 3 aromatic rings. The Bertz CT molecular complexity index is 1310. The van der Waals surface area contributed by atoms with Crippen molar-refractivity contribution in [1.29, 1.82) is 0 Å². The highest BCUT2D eigenvalue weighted by atomic mass is 19.4. The van der Waals surface area contributed by atoms with Crippen LogP contribution in [0.25, 0.3) is 0 Å². The number of aryl methyl sites for hydroxylation is 1. The molecular weight excluding hydrogens is 483 g/mol. The number of rotatable bonds is 7. The number of anilines is 1. The Hall–Kier alpha value is -3.50. The molecule has 4 rings (SSSR count). The van der Waals surface area contributed by atoms with Gasteiger partial charge in [0.05, 0.1) is 17.2 Å². The highest BCUT2D eigenvalue weighted by Gasteiger charge is 2.40. The lowest BCUT2D eigenvalue weighted by Gasteiger charge is -2.19. The van der Waals surface area contributed by atoms with E-state index in [9.17, 15) is 31.9 Å². The predicted molar refractivity (Wildman–Crippen MR) is 123 cm³/mol. The van der Waals surface area contributed by atoms with Crippen molar-refractivity contribution in [2.75, 3.05) is 11.9 Å². The fourth-order valence-corrected chi connectivity index (χ4v) is 3.88. The lowest BCUT2D eigenvalue weighted by Crippen LogP contribution is -2.18. The van der Waals surface area contributed by atoms with Crippen molar-refractivity contribution in [3.63, 3.8) is 0 Å². The zero-order valence-electron chi connectivity index (χ0n) is 19.1. The van der Waals surface area contributed by atoms with E-state index in [0.717, 1.165) is 24.3 Å². The van der Waals surface area contributed by atoms with Crippen molar-refractivity contribution in [3.8, 4) is 11.5 Å². The van der Waals surface area contributed by atoms with Crippen LogP contribution >= 0.6 is 0 Å². The summed E-state index contributed by atoms with van der Waals surface area (Å²) in [7, 11) is 0. The standard InChI is InChI=1S/C26H23F5N2O3/c1-13-8-15(27)4-7-23(13)36-24-11-17(14-2-3-14)20(26(29,30)31)10-19(24)25(35)33-16-5-6-21(28)18(9-16)22(34)12-32/h4-11,14,22,34H,2-3,12,32H2,1H3,(H,33,35). The molecule has 0 radical (unpaired) electrons. The van der Waals surface area contributed by atoms with Crippen LogP contribution in [0.5, 0.6) is 11.5 Å². The van der Waals surface area contributed by atoms with E-state index in [0.29, 0.717) is 18.4 Å². The van der Waals surface area contributed by atoms with Crippen LogP contribution in [-0.2, 0) is 6.18 Å². The van der Waals surface area contributed by atoms with Crippen LogP contribution in [0.15, 0.2) is 48.5 Å². The number of carbonyl (C=O) groups is 1. The fourth-order valence-electron chi connectivity index (χ4n) is 3.88. The summed E-state index contributed by atoms with van der Waals surface area (Å²) in [6, 6.07) is 8.94. The summed E-state index contributed by atoms with van der Waals surface area (Å²) >= 11 is 0. The molecule has 3 aromatic carbocycles. The summed E-state index contributed by atoms with van der Waals surface area (Å²) in [4.78, 5) is 13.2. The molecule has 1 amide bonds. The first-order chi connectivity index (χ1) is 17.0. The quantitative estimate of drug-likeness (QED) is 0.333. The van der Waals surface area contributed by atoms with E-state index in [2.05, 4.69) is 5.32 Å². The van der Waals surface area contributed by atoms with Gasteiger partial charge in [-0.15, -0.1) is 0 Å². The molecule has 1 unspecified atom stereocenters. The molecule has 1 saturated carbocycles. The fraction of sp³-hybridized carbons (Fsp3) is 0.269. The summed E-state index contributed by atoms with van der Waals surface area (Å²) in [6.45, 7) is 1.29. The smallest absolute Gasteiger partial charge is 0.416 e. The highest BCUT2D eigenvalue weighted by Crippen LogP contribution is 2.48. The summed E-state index contributed by atoms with van der Waals surface area (Å²) in [5.41, 5.74) is 4.28. The number of halogens is 5. The van der Waals surface area contributed by atoms with E-state index < -0.39 is 40.9 Å². The van der Waals surface area contributed by atoms with Gasteiger partial charge in [0.15, 0.2) is 0 Å². The van der Waals surface area contributed by atoms with Crippen LogP contribution in [0.4, 0.5) is 27.6 Å². The van der Waals surface area contributed by atoms with Crippen molar-refractivity contribution in [3.05, 3.63) is 88.0 Å². The number of alkyl halides is 3. The summed E-state index contributed by atoms with van der Waals surface area (Å²) < 4.78 is 75.1. The third-order valence-electron chi connectivity index (χ3n) is 5.91. The normalized spacial score (nSPS) is 14.4. The van der Waals surface area contributed by atoms with Crippen LogP contribution in [0.3, 0.4) is 0 Å². The minimum atomic E-state index is -4.72. The zero-order chi connectivity index (χ0) is 26.2. The van der Waals surface area contributed by atoms with Gasteiger partial charge in [-0.2, -0.15) is 13.2 Å². The first kappa shape index (κ1) is 25.6. The average molecular weight is 506 g/mol. The molecule has 0 bridgehead atoms. The number of amides is 1. The molecule has 5 nitrogen and oxygen atoms in total. The molecule has 10 heteroatoms. The number of carbonyl (C=O) groups excluding carboxylic acids is 1. The second-order valence-electron chi connectivity index (χ2n) is 8.66. The van der Waals surface area contributed by atoms with Gasteiger partial charge in [0.2, 0.25) is 0 Å². The van der Waals surface area contributed by atoms with Crippen molar-refractivity contribution in [1.82, 2.24) is 0 Å². The minimum Gasteiger partial charge on any atom is -0.456 e. The second-order valence-corrected chi connectivity index (χ2v) is 8.66. The van der Waals surface area contributed by atoms with Crippen molar-refractivity contribution in [2.24, 2.45) is 5.73 Å². The summed E-state index contributed by atoms with van der Waals surface area (Å²) in [5, 5.41) is 12.3. The maximum Gasteiger partial charge on any atom is 0.416 e. The van der Waals surface area contributed by atoms with Crippen LogP contribution < -0.4 is 15.8 Å². The van der Waals surface area contributed by atoms with Gasteiger partial charge in [0.25, 0.3) is 5.91 Å². The molecule has 0 aliphatic heterocycles.